The fourth-order valence-corrected chi connectivity index (χ4v) is 1.62. The first-order valence-electron chi connectivity index (χ1n) is 6.01. The van der Waals surface area contributed by atoms with E-state index in [-0.39, 0.29) is 24.9 Å². The van der Waals surface area contributed by atoms with Crippen molar-refractivity contribution in [2.75, 3.05) is 13.1 Å². The van der Waals surface area contributed by atoms with Crippen LogP contribution >= 0.6 is 12.4 Å². The lowest BCUT2D eigenvalue weighted by Gasteiger charge is -2.17. The molecule has 1 rings (SSSR count). The molecule has 1 atom stereocenters. The number of amides is 1. The molecule has 0 aromatic heterocycles. The van der Waals surface area contributed by atoms with Crippen LogP contribution in [0.4, 0.5) is 0 Å². The number of hydrogen-bond donors (Lipinski definition) is 3. The molecule has 0 fully saturated rings. The average molecular weight is 299 g/mol. The summed E-state index contributed by atoms with van der Waals surface area (Å²) in [6.07, 6.45) is 2.16. The van der Waals surface area contributed by atoms with E-state index in [2.05, 4.69) is 17.2 Å². The highest BCUT2D eigenvalue weighted by molar-refractivity contribution is 5.85. The molecule has 0 spiro atoms. The zero-order valence-corrected chi connectivity index (χ0v) is 11.9. The number of carbonyl (C=O) groups excluding carboxylic acids is 1. The van der Waals surface area contributed by atoms with Crippen LogP contribution in [0, 0.1) is 0 Å². The Bertz CT molecular complexity index is 437. The third-order valence-corrected chi connectivity index (χ3v) is 2.52. The normalized spacial score (nSPS) is 11.0. The third kappa shape index (κ3) is 6.92. The van der Waals surface area contributed by atoms with E-state index in [0.29, 0.717) is 13.0 Å². The average Bonchev–Trinajstić information content (AvgIpc) is 2.41. The fraction of sp³-hybridized carbons (Fsp3) is 0.286. The van der Waals surface area contributed by atoms with E-state index in [1.54, 1.807) is 6.08 Å². The largest absolute Gasteiger partial charge is 0.480 e. The first-order valence-corrected chi connectivity index (χ1v) is 6.01. The summed E-state index contributed by atoms with van der Waals surface area (Å²) >= 11 is 0. The number of carbonyl (C=O) groups is 2. The van der Waals surface area contributed by atoms with Crippen LogP contribution in [0.2, 0.25) is 0 Å². The summed E-state index contributed by atoms with van der Waals surface area (Å²) in [4.78, 5) is 22.3. The van der Waals surface area contributed by atoms with Gasteiger partial charge in [-0.25, -0.2) is 0 Å². The highest BCUT2D eigenvalue weighted by Gasteiger charge is 2.18. The van der Waals surface area contributed by atoms with Gasteiger partial charge in [0.2, 0.25) is 5.91 Å². The number of halogens is 1. The standard InChI is InChI=1S/C14H18N2O3.ClH/c1-2-8-15-12(14(19)16-10-13(17)18)9-11-6-4-3-5-7-11;/h2-7,12,15H,1,8-10H2,(H,16,19)(H,17,18);1H/t12-;/m0./s1. The molecule has 0 saturated heterocycles. The first kappa shape index (κ1) is 18.1. The van der Waals surface area contributed by atoms with Crippen molar-refractivity contribution in [3.8, 4) is 0 Å². The number of nitrogens with one attached hydrogen (secondary N) is 2. The molecular weight excluding hydrogens is 280 g/mol. The van der Waals surface area contributed by atoms with Gasteiger partial charge >= 0.3 is 5.97 Å². The molecule has 20 heavy (non-hydrogen) atoms. The molecule has 1 aromatic rings. The number of carboxylic acid groups (broad SMARTS) is 1. The van der Waals surface area contributed by atoms with Gasteiger partial charge in [-0.05, 0) is 12.0 Å². The smallest absolute Gasteiger partial charge is 0.322 e. The minimum atomic E-state index is -1.06. The zero-order valence-electron chi connectivity index (χ0n) is 11.0. The number of aliphatic carboxylic acids is 1. The lowest BCUT2D eigenvalue weighted by molar-refractivity contribution is -0.138. The van der Waals surface area contributed by atoms with Crippen molar-refractivity contribution in [3.05, 3.63) is 48.6 Å². The molecule has 0 bridgehead atoms. The van der Waals surface area contributed by atoms with E-state index < -0.39 is 12.0 Å². The number of benzene rings is 1. The molecule has 0 aliphatic rings. The van der Waals surface area contributed by atoms with Crippen molar-refractivity contribution in [3.63, 3.8) is 0 Å². The van der Waals surface area contributed by atoms with Crippen LogP contribution in [0.3, 0.4) is 0 Å². The van der Waals surface area contributed by atoms with E-state index in [1.165, 1.54) is 0 Å². The topological polar surface area (TPSA) is 78.4 Å². The monoisotopic (exact) mass is 298 g/mol. The van der Waals surface area contributed by atoms with Crippen LogP contribution in [0.1, 0.15) is 5.56 Å². The maximum Gasteiger partial charge on any atom is 0.322 e. The predicted octanol–water partition coefficient (Wildman–Crippen LogP) is 0.996. The summed E-state index contributed by atoms with van der Waals surface area (Å²) in [6.45, 7) is 3.69. The molecule has 1 amide bonds. The zero-order chi connectivity index (χ0) is 14.1. The third-order valence-electron chi connectivity index (χ3n) is 2.52. The molecule has 0 heterocycles. The molecule has 0 unspecified atom stereocenters. The quantitative estimate of drug-likeness (QED) is 0.626. The van der Waals surface area contributed by atoms with E-state index in [0.717, 1.165) is 5.56 Å². The van der Waals surface area contributed by atoms with Crippen LogP contribution in [0.15, 0.2) is 43.0 Å². The maximum atomic E-state index is 11.9. The van der Waals surface area contributed by atoms with Crippen molar-refractivity contribution in [1.82, 2.24) is 10.6 Å². The highest BCUT2D eigenvalue weighted by atomic mass is 35.5. The Morgan fingerprint density at radius 1 is 1.30 bits per heavy atom. The summed E-state index contributed by atoms with van der Waals surface area (Å²) in [6, 6.07) is 9.07. The minimum absolute atomic E-state index is 0. The fourth-order valence-electron chi connectivity index (χ4n) is 1.62. The van der Waals surface area contributed by atoms with Gasteiger partial charge in [0.1, 0.15) is 6.54 Å². The molecule has 110 valence electrons. The molecule has 0 radical (unpaired) electrons. The molecular formula is C14H19ClN2O3. The first-order chi connectivity index (χ1) is 9.13. The lowest BCUT2D eigenvalue weighted by Crippen LogP contribution is -2.47. The van der Waals surface area contributed by atoms with Gasteiger partial charge in [0.25, 0.3) is 0 Å². The minimum Gasteiger partial charge on any atom is -0.480 e. The molecule has 0 aliphatic heterocycles. The van der Waals surface area contributed by atoms with Crippen molar-refractivity contribution < 1.29 is 14.7 Å². The lowest BCUT2D eigenvalue weighted by atomic mass is 10.1. The Morgan fingerprint density at radius 2 is 1.95 bits per heavy atom. The second kappa shape index (κ2) is 10.00. The van der Waals surface area contributed by atoms with Crippen LogP contribution in [0.25, 0.3) is 0 Å². The Balaban J connectivity index is 0.00000361. The molecule has 0 saturated carbocycles. The van der Waals surface area contributed by atoms with Crippen molar-refractivity contribution >= 4 is 24.3 Å². The van der Waals surface area contributed by atoms with Crippen molar-refractivity contribution in [1.29, 1.82) is 0 Å². The SMILES string of the molecule is C=CCN[C@@H](Cc1ccccc1)C(=O)NCC(=O)O.Cl. The van der Waals surface area contributed by atoms with Gasteiger partial charge in [-0.3, -0.25) is 9.59 Å². The van der Waals surface area contributed by atoms with Crippen molar-refractivity contribution in [2.45, 2.75) is 12.5 Å². The Hall–Kier alpha value is -1.85. The summed E-state index contributed by atoms with van der Waals surface area (Å²) in [5.74, 6) is -1.39. The van der Waals surface area contributed by atoms with E-state index in [1.807, 2.05) is 30.3 Å². The maximum absolute atomic E-state index is 11.9. The molecule has 0 aliphatic carbocycles. The van der Waals surface area contributed by atoms with Crippen molar-refractivity contribution in [2.24, 2.45) is 0 Å². The number of carboxylic acids is 1. The van der Waals surface area contributed by atoms with Gasteiger partial charge in [0.05, 0.1) is 6.04 Å². The summed E-state index contributed by atoms with van der Waals surface area (Å²) in [5.41, 5.74) is 1.01. The van der Waals surface area contributed by atoms with Gasteiger partial charge in [0.15, 0.2) is 0 Å². The number of hydrogen-bond acceptors (Lipinski definition) is 3. The Kier molecular flexibility index (Phi) is 9.07. The van der Waals surface area contributed by atoms with Crippen LogP contribution < -0.4 is 10.6 Å². The van der Waals surface area contributed by atoms with Gasteiger partial charge < -0.3 is 15.7 Å². The predicted molar refractivity (Wildman–Crippen MR) is 80.0 cm³/mol. The van der Waals surface area contributed by atoms with Gasteiger partial charge in [0, 0.05) is 6.54 Å². The van der Waals surface area contributed by atoms with Gasteiger partial charge in [-0.1, -0.05) is 36.4 Å². The second-order valence-corrected chi connectivity index (χ2v) is 4.05. The number of rotatable bonds is 8. The molecule has 5 nitrogen and oxygen atoms in total. The highest BCUT2D eigenvalue weighted by Crippen LogP contribution is 2.03. The van der Waals surface area contributed by atoms with Gasteiger partial charge in [-0.15, -0.1) is 19.0 Å². The summed E-state index contributed by atoms with van der Waals surface area (Å²) < 4.78 is 0. The van der Waals surface area contributed by atoms with E-state index in [4.69, 9.17) is 5.11 Å². The molecule has 1 aromatic carbocycles. The van der Waals surface area contributed by atoms with Crippen LogP contribution in [0.5, 0.6) is 0 Å². The molecule has 3 N–H and O–H groups in total. The summed E-state index contributed by atoms with van der Waals surface area (Å²) in [7, 11) is 0. The Labute approximate surface area is 124 Å². The van der Waals surface area contributed by atoms with Crippen LogP contribution in [-0.4, -0.2) is 36.1 Å². The van der Waals surface area contributed by atoms with Gasteiger partial charge in [-0.2, -0.15) is 0 Å². The van der Waals surface area contributed by atoms with E-state index >= 15 is 0 Å². The van der Waals surface area contributed by atoms with E-state index in [9.17, 15) is 9.59 Å². The Morgan fingerprint density at radius 3 is 2.50 bits per heavy atom. The second-order valence-electron chi connectivity index (χ2n) is 4.05. The summed E-state index contributed by atoms with van der Waals surface area (Å²) in [5, 5.41) is 14.0. The molecule has 6 heteroatoms. The van der Waals surface area contributed by atoms with Crippen LogP contribution in [-0.2, 0) is 16.0 Å².